The molecule has 1 rings (SSSR count). The molecule has 0 saturated carbocycles. The minimum Gasteiger partial charge on any atom is -0.354 e. The van der Waals surface area contributed by atoms with Crippen LogP contribution in [-0.2, 0) is 10.1 Å². The highest BCUT2D eigenvalue weighted by Crippen LogP contribution is 1.88. The molecule has 0 radical (unpaired) electrons. The Morgan fingerprint density at radius 3 is 2.67 bits per heavy atom. The molecule has 1 amide bonds. The van der Waals surface area contributed by atoms with Gasteiger partial charge in [-0.3, -0.25) is 9.35 Å². The molecular weight excluding hydrogens is 222 g/mol. The summed E-state index contributed by atoms with van der Waals surface area (Å²) in [5.74, 6) is -0.756. The standard InChI is InChI=1S/C6H7N3O.CH4O3S/c1-7-6(10)5-3-2-4-8-9-5;1-5(2,3)4/h2-4H,1H3,(H,7,10);1H3,(H,2,3,4)/i1D3;. The number of hydrogen-bond donors (Lipinski definition) is 2. The summed E-state index contributed by atoms with van der Waals surface area (Å²) in [6.07, 6.45) is 2.11. The van der Waals surface area contributed by atoms with Crippen LogP contribution in [0.25, 0.3) is 0 Å². The van der Waals surface area contributed by atoms with Crippen LogP contribution in [0, 0.1) is 0 Å². The van der Waals surface area contributed by atoms with Crippen LogP contribution in [0.3, 0.4) is 0 Å². The first-order valence-electron chi connectivity index (χ1n) is 5.02. The fraction of sp³-hybridized carbons (Fsp3) is 0.286. The van der Waals surface area contributed by atoms with E-state index < -0.39 is 23.0 Å². The van der Waals surface area contributed by atoms with Crippen molar-refractivity contribution in [2.24, 2.45) is 0 Å². The predicted octanol–water partition coefficient (Wildman–Crippen LogP) is -0.660. The van der Waals surface area contributed by atoms with E-state index in [9.17, 15) is 13.2 Å². The summed E-state index contributed by atoms with van der Waals surface area (Å²) < 4.78 is 46.2. The smallest absolute Gasteiger partial charge is 0.271 e. The van der Waals surface area contributed by atoms with Crippen LogP contribution in [0.2, 0.25) is 0 Å². The molecule has 1 aromatic heterocycles. The van der Waals surface area contributed by atoms with Gasteiger partial charge in [-0.25, -0.2) is 0 Å². The number of rotatable bonds is 1. The van der Waals surface area contributed by atoms with Crippen LogP contribution >= 0.6 is 0 Å². The molecule has 0 saturated heterocycles. The second-order valence-corrected chi connectivity index (χ2v) is 3.76. The fourth-order valence-corrected chi connectivity index (χ4v) is 0.487. The van der Waals surface area contributed by atoms with Crippen LogP contribution in [0.15, 0.2) is 18.3 Å². The lowest BCUT2D eigenvalue weighted by Crippen LogP contribution is -2.19. The molecule has 0 unspecified atom stereocenters. The molecule has 0 fully saturated rings. The molecule has 2 N–H and O–H groups in total. The summed E-state index contributed by atoms with van der Waals surface area (Å²) in [5.41, 5.74) is -0.0152. The summed E-state index contributed by atoms with van der Waals surface area (Å²) in [7, 11) is -3.67. The van der Waals surface area contributed by atoms with Crippen molar-refractivity contribution in [2.75, 3.05) is 13.2 Å². The quantitative estimate of drug-likeness (QED) is 0.626. The van der Waals surface area contributed by atoms with Crippen LogP contribution in [0.4, 0.5) is 0 Å². The van der Waals surface area contributed by atoms with Gasteiger partial charge in [-0.1, -0.05) is 0 Å². The van der Waals surface area contributed by atoms with E-state index in [0.717, 1.165) is 0 Å². The Kier molecular flexibility index (Phi) is 3.52. The SMILES string of the molecule is CS(=O)(=O)O.[2H]C([2H])([2H])NC(=O)c1cccnn1. The van der Waals surface area contributed by atoms with Crippen molar-refractivity contribution in [3.05, 3.63) is 24.0 Å². The summed E-state index contributed by atoms with van der Waals surface area (Å²) in [6.45, 7) is -2.49. The Labute approximate surface area is 91.5 Å². The van der Waals surface area contributed by atoms with Crippen LogP contribution < -0.4 is 5.32 Å². The zero-order valence-electron chi connectivity index (χ0n) is 10.7. The van der Waals surface area contributed by atoms with E-state index in [2.05, 4.69) is 10.2 Å². The third kappa shape index (κ3) is 8.78. The number of nitrogens with zero attached hydrogens (tertiary/aromatic N) is 2. The van der Waals surface area contributed by atoms with Gasteiger partial charge in [0.25, 0.3) is 16.0 Å². The number of amides is 1. The van der Waals surface area contributed by atoms with Crippen molar-refractivity contribution in [3.63, 3.8) is 0 Å². The molecule has 84 valence electrons. The first kappa shape index (κ1) is 8.74. The molecule has 15 heavy (non-hydrogen) atoms. The molecule has 8 heteroatoms. The summed E-state index contributed by atoms with van der Waals surface area (Å²) in [4.78, 5) is 11.1. The van der Waals surface area contributed by atoms with Crippen molar-refractivity contribution in [1.82, 2.24) is 15.5 Å². The third-order valence-corrected chi connectivity index (χ3v) is 0.918. The Bertz CT molecular complexity index is 480. The molecule has 0 aliphatic heterocycles. The minimum absolute atomic E-state index is 0.0152. The summed E-state index contributed by atoms with van der Waals surface area (Å²) in [5, 5.41) is 8.69. The molecule has 7 nitrogen and oxygen atoms in total. The Morgan fingerprint density at radius 1 is 1.67 bits per heavy atom. The molecule has 0 aliphatic carbocycles. The number of nitrogens with one attached hydrogen (secondary N) is 1. The van der Waals surface area contributed by atoms with Crippen molar-refractivity contribution in [3.8, 4) is 0 Å². The van der Waals surface area contributed by atoms with Gasteiger partial charge in [0.2, 0.25) is 0 Å². The molecule has 0 bridgehead atoms. The second-order valence-electron chi connectivity index (χ2n) is 2.30. The Hall–Kier alpha value is -1.54. The van der Waals surface area contributed by atoms with Gasteiger partial charge in [-0.2, -0.15) is 13.5 Å². The maximum Gasteiger partial charge on any atom is 0.271 e. The van der Waals surface area contributed by atoms with Crippen LogP contribution in [-0.4, -0.2) is 42.3 Å². The number of aromatic nitrogens is 2. The van der Waals surface area contributed by atoms with Gasteiger partial charge in [0.15, 0.2) is 5.69 Å². The van der Waals surface area contributed by atoms with E-state index in [0.29, 0.717) is 6.26 Å². The van der Waals surface area contributed by atoms with E-state index in [4.69, 9.17) is 8.67 Å². The van der Waals surface area contributed by atoms with Crippen LogP contribution in [0.1, 0.15) is 14.6 Å². The number of hydrogen-bond acceptors (Lipinski definition) is 5. The third-order valence-electron chi connectivity index (χ3n) is 0.918. The van der Waals surface area contributed by atoms with Gasteiger partial charge < -0.3 is 5.32 Å². The van der Waals surface area contributed by atoms with Crippen molar-refractivity contribution < 1.29 is 21.9 Å². The van der Waals surface area contributed by atoms with E-state index >= 15 is 0 Å². The van der Waals surface area contributed by atoms with E-state index in [1.165, 1.54) is 18.3 Å². The molecule has 0 spiro atoms. The van der Waals surface area contributed by atoms with Gasteiger partial charge in [0, 0.05) is 17.3 Å². The fourth-order valence-electron chi connectivity index (χ4n) is 0.487. The number of carbonyl (C=O) groups excluding carboxylic acids is 1. The lowest BCUT2D eigenvalue weighted by molar-refractivity contribution is 0.0957. The van der Waals surface area contributed by atoms with E-state index in [1.807, 2.05) is 0 Å². The first-order valence-corrected chi connectivity index (χ1v) is 5.36. The zero-order chi connectivity index (χ0) is 14.4. The second kappa shape index (κ2) is 6.04. The monoisotopic (exact) mass is 236 g/mol. The van der Waals surface area contributed by atoms with Crippen molar-refractivity contribution in [1.29, 1.82) is 0 Å². The highest BCUT2D eigenvalue weighted by molar-refractivity contribution is 7.85. The van der Waals surface area contributed by atoms with Gasteiger partial charge in [0.1, 0.15) is 0 Å². The molecule has 1 aromatic rings. The normalized spacial score (nSPS) is 13.6. The molecular formula is C7H11N3O4S. The van der Waals surface area contributed by atoms with Crippen molar-refractivity contribution in [2.45, 2.75) is 0 Å². The molecule has 0 aromatic carbocycles. The lowest BCUT2D eigenvalue weighted by atomic mass is 10.4. The zero-order valence-corrected chi connectivity index (χ0v) is 8.52. The highest BCUT2D eigenvalue weighted by Gasteiger charge is 2.01. The maximum atomic E-state index is 11.1. The van der Waals surface area contributed by atoms with Gasteiger partial charge in [-0.15, -0.1) is 5.10 Å². The molecule has 1 heterocycles. The largest absolute Gasteiger partial charge is 0.354 e. The summed E-state index contributed by atoms with van der Waals surface area (Å²) >= 11 is 0. The van der Waals surface area contributed by atoms with Crippen LogP contribution in [0.5, 0.6) is 0 Å². The average Bonchev–Trinajstić information content (AvgIpc) is 2.14. The molecule has 0 aliphatic rings. The Morgan fingerprint density at radius 2 is 2.27 bits per heavy atom. The van der Waals surface area contributed by atoms with E-state index in [-0.39, 0.29) is 5.69 Å². The molecule has 0 atom stereocenters. The highest BCUT2D eigenvalue weighted by atomic mass is 32.2. The average molecular weight is 236 g/mol. The van der Waals surface area contributed by atoms with E-state index in [1.54, 1.807) is 5.32 Å². The number of carbonyl (C=O) groups is 1. The lowest BCUT2D eigenvalue weighted by Gasteiger charge is -1.93. The van der Waals surface area contributed by atoms with Gasteiger partial charge in [0.05, 0.1) is 6.26 Å². The topological polar surface area (TPSA) is 109 Å². The van der Waals surface area contributed by atoms with Gasteiger partial charge in [-0.05, 0) is 12.1 Å². The minimum atomic E-state index is -3.67. The Balaban J connectivity index is 0.000000494. The van der Waals surface area contributed by atoms with Gasteiger partial charge >= 0.3 is 0 Å². The van der Waals surface area contributed by atoms with Crippen molar-refractivity contribution >= 4 is 16.0 Å². The summed E-state index contributed by atoms with van der Waals surface area (Å²) in [6, 6.07) is 2.88. The maximum absolute atomic E-state index is 11.1. The predicted molar refractivity (Wildman–Crippen MR) is 52.9 cm³/mol. The first-order chi connectivity index (χ1) is 7.99.